The van der Waals surface area contributed by atoms with Crippen molar-refractivity contribution in [2.24, 2.45) is 11.3 Å². The van der Waals surface area contributed by atoms with Gasteiger partial charge in [0.25, 0.3) is 0 Å². The van der Waals surface area contributed by atoms with E-state index in [9.17, 15) is 9.59 Å². The lowest BCUT2D eigenvalue weighted by Crippen LogP contribution is -2.61. The monoisotopic (exact) mass is 318 g/mol. The predicted octanol–water partition coefficient (Wildman–Crippen LogP) is 2.61. The van der Waals surface area contributed by atoms with E-state index >= 15 is 0 Å². The lowest BCUT2D eigenvalue weighted by molar-refractivity contribution is -0.115. The summed E-state index contributed by atoms with van der Waals surface area (Å²) in [5, 5.41) is 3.13. The number of rotatable bonds is 2. The summed E-state index contributed by atoms with van der Waals surface area (Å²) in [6.45, 7) is 6.92. The molecule has 0 aromatic heterocycles. The van der Waals surface area contributed by atoms with Crippen LogP contribution >= 0.6 is 0 Å². The Labute approximate surface area is 137 Å². The van der Waals surface area contributed by atoms with Gasteiger partial charge in [0.1, 0.15) is 6.29 Å². The van der Waals surface area contributed by atoms with Gasteiger partial charge in [0.05, 0.1) is 23.8 Å². The minimum Gasteiger partial charge on any atom is -0.372 e. The molecule has 3 fully saturated rings. The molecule has 0 spiro atoms. The molecule has 4 rings (SSSR count). The van der Waals surface area contributed by atoms with Crippen molar-refractivity contribution in [2.75, 3.05) is 6.61 Å². The number of urea groups is 1. The number of hydrogen-bond donors (Lipinski definition) is 1. The van der Waals surface area contributed by atoms with Crippen molar-refractivity contribution in [1.29, 1.82) is 0 Å². The SMILES string of the molecule is CC1C2=CN(C34CCC(C=O)(CC3)C4)C(=O)N[C@@H]2COC1(C)C. The Hall–Kier alpha value is -1.36. The average molecular weight is 318 g/mol. The second-order valence-corrected chi connectivity index (χ2v) is 8.52. The number of nitrogens with one attached hydrogen (secondary N) is 1. The molecule has 2 atom stereocenters. The van der Waals surface area contributed by atoms with Gasteiger partial charge in [-0.1, -0.05) is 6.92 Å². The molecule has 1 N–H and O–H groups in total. The first-order valence-corrected chi connectivity index (χ1v) is 8.73. The molecule has 5 nitrogen and oxygen atoms in total. The molecule has 1 saturated heterocycles. The van der Waals surface area contributed by atoms with Gasteiger partial charge >= 0.3 is 6.03 Å². The molecule has 4 aliphatic rings. The molecule has 1 unspecified atom stereocenters. The zero-order valence-electron chi connectivity index (χ0n) is 14.2. The summed E-state index contributed by atoms with van der Waals surface area (Å²) in [7, 11) is 0. The van der Waals surface area contributed by atoms with Gasteiger partial charge in [-0.3, -0.25) is 4.90 Å². The van der Waals surface area contributed by atoms with Gasteiger partial charge in [0.2, 0.25) is 0 Å². The summed E-state index contributed by atoms with van der Waals surface area (Å²) < 4.78 is 5.93. The summed E-state index contributed by atoms with van der Waals surface area (Å²) in [5.74, 6) is 0.249. The van der Waals surface area contributed by atoms with Crippen molar-refractivity contribution in [3.05, 3.63) is 11.8 Å². The fourth-order valence-electron chi connectivity index (χ4n) is 5.04. The van der Waals surface area contributed by atoms with E-state index < -0.39 is 0 Å². The third-order valence-electron chi connectivity index (χ3n) is 6.98. The summed E-state index contributed by atoms with van der Waals surface area (Å²) >= 11 is 0. The van der Waals surface area contributed by atoms with Crippen LogP contribution in [0.25, 0.3) is 0 Å². The van der Waals surface area contributed by atoms with E-state index in [1.165, 1.54) is 5.57 Å². The summed E-state index contributed by atoms with van der Waals surface area (Å²) in [6, 6.07) is -0.0466. The maximum absolute atomic E-state index is 12.7. The van der Waals surface area contributed by atoms with Gasteiger partial charge in [-0.2, -0.15) is 0 Å². The van der Waals surface area contributed by atoms with Crippen LogP contribution in [0.2, 0.25) is 0 Å². The van der Waals surface area contributed by atoms with Crippen LogP contribution in [0, 0.1) is 11.3 Å². The predicted molar refractivity (Wildman–Crippen MR) is 85.7 cm³/mol. The van der Waals surface area contributed by atoms with Crippen LogP contribution in [0.5, 0.6) is 0 Å². The number of nitrogens with zero attached hydrogens (tertiary/aromatic N) is 1. The summed E-state index contributed by atoms with van der Waals surface area (Å²) in [6.07, 6.45) is 7.74. The van der Waals surface area contributed by atoms with Gasteiger partial charge in [0.15, 0.2) is 0 Å². The Morgan fingerprint density at radius 2 is 2.00 bits per heavy atom. The van der Waals surface area contributed by atoms with Gasteiger partial charge in [-0.05, 0) is 51.5 Å². The van der Waals surface area contributed by atoms with Crippen molar-refractivity contribution in [3.63, 3.8) is 0 Å². The molecule has 5 heteroatoms. The van der Waals surface area contributed by atoms with E-state index in [0.29, 0.717) is 6.61 Å². The van der Waals surface area contributed by atoms with Crippen LogP contribution in [0.1, 0.15) is 52.9 Å². The third-order valence-corrected chi connectivity index (χ3v) is 6.98. The van der Waals surface area contributed by atoms with Crippen LogP contribution in [0.15, 0.2) is 11.8 Å². The number of fused-ring (bicyclic) bond motifs is 3. The number of aldehydes is 1. The Bertz CT molecular complexity index is 587. The molecule has 2 bridgehead atoms. The molecule has 0 aromatic rings. The van der Waals surface area contributed by atoms with E-state index in [2.05, 4.69) is 32.3 Å². The van der Waals surface area contributed by atoms with Crippen molar-refractivity contribution in [3.8, 4) is 0 Å². The molecule has 2 aliphatic heterocycles. The van der Waals surface area contributed by atoms with E-state index in [-0.39, 0.29) is 34.5 Å². The average Bonchev–Trinajstić information content (AvgIpc) is 3.09. The van der Waals surface area contributed by atoms with E-state index in [1.54, 1.807) is 0 Å². The smallest absolute Gasteiger partial charge is 0.322 e. The Morgan fingerprint density at radius 3 is 2.61 bits per heavy atom. The number of amides is 2. The fraction of sp³-hybridized carbons (Fsp3) is 0.778. The van der Waals surface area contributed by atoms with E-state index in [1.807, 2.05) is 4.90 Å². The zero-order valence-corrected chi connectivity index (χ0v) is 14.2. The largest absolute Gasteiger partial charge is 0.372 e. The zero-order chi connectivity index (χ0) is 16.5. The van der Waals surface area contributed by atoms with Crippen LogP contribution in [0.4, 0.5) is 4.79 Å². The molecule has 2 aliphatic carbocycles. The summed E-state index contributed by atoms with van der Waals surface area (Å²) in [4.78, 5) is 26.1. The van der Waals surface area contributed by atoms with E-state index in [4.69, 9.17) is 4.74 Å². The Morgan fingerprint density at radius 1 is 1.30 bits per heavy atom. The van der Waals surface area contributed by atoms with Crippen molar-refractivity contribution < 1.29 is 14.3 Å². The van der Waals surface area contributed by atoms with Crippen LogP contribution in [-0.4, -0.2) is 41.0 Å². The summed E-state index contributed by atoms with van der Waals surface area (Å²) in [5.41, 5.74) is 0.693. The molecule has 2 saturated carbocycles. The molecule has 23 heavy (non-hydrogen) atoms. The van der Waals surface area contributed by atoms with Crippen molar-refractivity contribution >= 4 is 12.3 Å². The fourth-order valence-corrected chi connectivity index (χ4v) is 5.04. The minimum atomic E-state index is -0.217. The molecule has 0 aromatic carbocycles. The minimum absolute atomic E-state index is 0.0168. The van der Waals surface area contributed by atoms with Crippen LogP contribution in [0.3, 0.4) is 0 Å². The highest BCUT2D eigenvalue weighted by Gasteiger charge is 2.59. The first-order valence-electron chi connectivity index (χ1n) is 8.73. The second-order valence-electron chi connectivity index (χ2n) is 8.52. The first kappa shape index (κ1) is 15.2. The standard InChI is InChI=1S/C18H26N2O3/c1-12-13-8-20(15(22)19-14(13)9-23-16(12,2)3)18-6-4-17(10-18,11-21)5-7-18/h8,11-12,14H,4-7,9-10H2,1-3H3,(H,19,22)/t12?,14-,17?,18?/m1/s1. The van der Waals surface area contributed by atoms with Crippen molar-refractivity contribution in [1.82, 2.24) is 10.2 Å². The van der Waals surface area contributed by atoms with Crippen molar-refractivity contribution in [2.45, 2.75) is 70.1 Å². The van der Waals surface area contributed by atoms with Gasteiger partial charge in [-0.25, -0.2) is 4.79 Å². The maximum atomic E-state index is 12.7. The molecule has 2 amide bonds. The highest BCUT2D eigenvalue weighted by atomic mass is 16.5. The third kappa shape index (κ3) is 2.02. The highest BCUT2D eigenvalue weighted by molar-refractivity contribution is 5.79. The van der Waals surface area contributed by atoms with E-state index in [0.717, 1.165) is 38.4 Å². The lowest BCUT2D eigenvalue weighted by atomic mass is 9.79. The van der Waals surface area contributed by atoms with Crippen LogP contribution < -0.4 is 5.32 Å². The first-order chi connectivity index (χ1) is 10.8. The van der Waals surface area contributed by atoms with Gasteiger partial charge < -0.3 is 14.8 Å². The lowest BCUT2D eigenvalue weighted by Gasteiger charge is -2.48. The highest BCUT2D eigenvalue weighted by Crippen LogP contribution is 2.58. The maximum Gasteiger partial charge on any atom is 0.322 e. The van der Waals surface area contributed by atoms with Gasteiger partial charge in [-0.15, -0.1) is 0 Å². The Kier molecular flexibility index (Phi) is 3.03. The normalized spacial score (nSPS) is 44.6. The Balaban J connectivity index is 1.69. The van der Waals surface area contributed by atoms with Gasteiger partial charge in [0, 0.05) is 17.5 Å². The molecular weight excluding hydrogens is 292 g/mol. The molecule has 0 radical (unpaired) electrons. The number of hydrogen-bond acceptors (Lipinski definition) is 3. The molecule has 126 valence electrons. The molecular formula is C18H26N2O3. The topological polar surface area (TPSA) is 58.6 Å². The van der Waals surface area contributed by atoms with Crippen LogP contribution in [-0.2, 0) is 9.53 Å². The second kappa shape index (κ2) is 4.59. The number of ether oxygens (including phenoxy) is 1. The molecule has 2 heterocycles. The quantitative estimate of drug-likeness (QED) is 0.796. The number of carbonyl (C=O) groups is 2. The number of carbonyl (C=O) groups excluding carboxylic acids is 2.